The Labute approximate surface area is 128 Å². The van der Waals surface area contributed by atoms with Gasteiger partial charge in [0.15, 0.2) is 0 Å². The number of hydrogen-bond donors (Lipinski definition) is 2. The van der Waals surface area contributed by atoms with Crippen molar-refractivity contribution >= 4 is 33.4 Å². The summed E-state index contributed by atoms with van der Waals surface area (Å²) in [5.74, 6) is 1.48. The van der Waals surface area contributed by atoms with E-state index in [0.717, 1.165) is 28.1 Å². The van der Waals surface area contributed by atoms with E-state index < -0.39 is 0 Å². The van der Waals surface area contributed by atoms with E-state index in [2.05, 4.69) is 62.5 Å². The van der Waals surface area contributed by atoms with Crippen LogP contribution in [-0.2, 0) is 0 Å². The van der Waals surface area contributed by atoms with E-state index in [1.54, 1.807) is 0 Å². The largest absolute Gasteiger partial charge is 0.354 e. The standard InChI is InChI=1S/C15H19BrN4/c1-5-17-15-18-8-11(4)14(20-15)19-13-9(2)6-12(16)7-10(13)3/h6-8H,5H2,1-4H3,(H2,17,18,19,20). The molecule has 20 heavy (non-hydrogen) atoms. The molecule has 0 spiro atoms. The van der Waals surface area contributed by atoms with Crippen molar-refractivity contribution in [3.8, 4) is 0 Å². The summed E-state index contributed by atoms with van der Waals surface area (Å²) in [6, 6.07) is 4.19. The van der Waals surface area contributed by atoms with Crippen molar-refractivity contribution in [1.29, 1.82) is 0 Å². The van der Waals surface area contributed by atoms with Crippen molar-refractivity contribution < 1.29 is 0 Å². The summed E-state index contributed by atoms with van der Waals surface area (Å²) >= 11 is 3.52. The molecule has 0 aliphatic carbocycles. The fourth-order valence-corrected chi connectivity index (χ4v) is 2.72. The summed E-state index contributed by atoms with van der Waals surface area (Å²) in [5.41, 5.74) is 4.48. The van der Waals surface area contributed by atoms with E-state index >= 15 is 0 Å². The van der Waals surface area contributed by atoms with Crippen LogP contribution >= 0.6 is 15.9 Å². The van der Waals surface area contributed by atoms with E-state index in [0.29, 0.717) is 5.95 Å². The number of aryl methyl sites for hydroxylation is 3. The van der Waals surface area contributed by atoms with Crippen LogP contribution in [0.25, 0.3) is 0 Å². The second-order valence-electron chi connectivity index (χ2n) is 4.80. The molecule has 1 heterocycles. The summed E-state index contributed by atoms with van der Waals surface area (Å²) < 4.78 is 1.09. The molecule has 4 nitrogen and oxygen atoms in total. The van der Waals surface area contributed by atoms with Crippen molar-refractivity contribution in [3.63, 3.8) is 0 Å². The number of benzene rings is 1. The smallest absolute Gasteiger partial charge is 0.224 e. The molecule has 0 aliphatic rings. The van der Waals surface area contributed by atoms with Crippen LogP contribution < -0.4 is 10.6 Å². The lowest BCUT2D eigenvalue weighted by Crippen LogP contribution is -2.06. The van der Waals surface area contributed by atoms with Crippen LogP contribution in [0.15, 0.2) is 22.8 Å². The molecule has 0 amide bonds. The molecule has 2 N–H and O–H groups in total. The highest BCUT2D eigenvalue weighted by Gasteiger charge is 2.08. The van der Waals surface area contributed by atoms with Gasteiger partial charge in [-0.05, 0) is 51.0 Å². The average Bonchev–Trinajstić information content (AvgIpc) is 2.37. The molecular weight excluding hydrogens is 316 g/mol. The Bertz CT molecular complexity index is 602. The van der Waals surface area contributed by atoms with E-state index in [4.69, 9.17) is 0 Å². The number of hydrogen-bond acceptors (Lipinski definition) is 4. The molecule has 106 valence electrons. The van der Waals surface area contributed by atoms with Crippen LogP contribution in [0.3, 0.4) is 0 Å². The Hall–Kier alpha value is -1.62. The monoisotopic (exact) mass is 334 g/mol. The van der Waals surface area contributed by atoms with Crippen molar-refractivity contribution in [2.45, 2.75) is 27.7 Å². The molecular formula is C15H19BrN4. The Morgan fingerprint density at radius 2 is 1.75 bits per heavy atom. The fraction of sp³-hybridized carbons (Fsp3) is 0.333. The highest BCUT2D eigenvalue weighted by atomic mass is 79.9. The highest BCUT2D eigenvalue weighted by Crippen LogP contribution is 2.28. The summed E-state index contributed by atoms with van der Waals surface area (Å²) in [6.07, 6.45) is 1.83. The van der Waals surface area contributed by atoms with Crippen molar-refractivity contribution in [1.82, 2.24) is 9.97 Å². The lowest BCUT2D eigenvalue weighted by Gasteiger charge is -2.15. The maximum Gasteiger partial charge on any atom is 0.224 e. The fourth-order valence-electron chi connectivity index (χ4n) is 2.04. The first-order valence-electron chi connectivity index (χ1n) is 6.62. The van der Waals surface area contributed by atoms with Crippen molar-refractivity contribution in [2.24, 2.45) is 0 Å². The second kappa shape index (κ2) is 6.22. The SMILES string of the molecule is CCNc1ncc(C)c(Nc2c(C)cc(Br)cc2C)n1. The van der Waals surface area contributed by atoms with E-state index in [9.17, 15) is 0 Å². The second-order valence-corrected chi connectivity index (χ2v) is 5.71. The molecule has 0 saturated heterocycles. The maximum absolute atomic E-state index is 4.52. The van der Waals surface area contributed by atoms with Gasteiger partial charge in [0, 0.05) is 28.5 Å². The third kappa shape index (κ3) is 3.28. The van der Waals surface area contributed by atoms with Gasteiger partial charge in [-0.25, -0.2) is 4.98 Å². The Morgan fingerprint density at radius 1 is 1.10 bits per heavy atom. The predicted molar refractivity (Wildman–Crippen MR) is 87.8 cm³/mol. The topological polar surface area (TPSA) is 49.8 Å². The quantitative estimate of drug-likeness (QED) is 0.873. The third-order valence-corrected chi connectivity index (χ3v) is 3.51. The normalized spacial score (nSPS) is 10.4. The zero-order chi connectivity index (χ0) is 14.7. The zero-order valence-electron chi connectivity index (χ0n) is 12.2. The van der Waals surface area contributed by atoms with E-state index in [1.165, 1.54) is 11.1 Å². The first-order valence-corrected chi connectivity index (χ1v) is 7.42. The predicted octanol–water partition coefficient (Wildman–Crippen LogP) is 4.34. The number of halogens is 1. The van der Waals surface area contributed by atoms with Gasteiger partial charge in [0.2, 0.25) is 5.95 Å². The van der Waals surface area contributed by atoms with Gasteiger partial charge in [0.05, 0.1) is 0 Å². The Kier molecular flexibility index (Phi) is 4.60. The maximum atomic E-state index is 4.52. The molecule has 0 fully saturated rings. The number of rotatable bonds is 4. The van der Waals surface area contributed by atoms with Crippen LogP contribution in [0.1, 0.15) is 23.6 Å². The Morgan fingerprint density at radius 3 is 2.35 bits per heavy atom. The van der Waals surface area contributed by atoms with Crippen molar-refractivity contribution in [2.75, 3.05) is 17.2 Å². The average molecular weight is 335 g/mol. The minimum Gasteiger partial charge on any atom is -0.354 e. The van der Waals surface area contributed by atoms with Crippen molar-refractivity contribution in [3.05, 3.63) is 39.5 Å². The first-order chi connectivity index (χ1) is 9.51. The van der Waals surface area contributed by atoms with Gasteiger partial charge in [0.25, 0.3) is 0 Å². The van der Waals surface area contributed by atoms with Crippen LogP contribution in [-0.4, -0.2) is 16.5 Å². The van der Waals surface area contributed by atoms with E-state index in [1.807, 2.05) is 20.0 Å². The number of aromatic nitrogens is 2. The van der Waals surface area contributed by atoms with Gasteiger partial charge >= 0.3 is 0 Å². The summed E-state index contributed by atoms with van der Waals surface area (Å²) in [6.45, 7) is 9.00. The lowest BCUT2D eigenvalue weighted by atomic mass is 10.1. The molecule has 5 heteroatoms. The summed E-state index contributed by atoms with van der Waals surface area (Å²) in [7, 11) is 0. The summed E-state index contributed by atoms with van der Waals surface area (Å²) in [4.78, 5) is 8.78. The minimum atomic E-state index is 0.646. The third-order valence-electron chi connectivity index (χ3n) is 3.05. The highest BCUT2D eigenvalue weighted by molar-refractivity contribution is 9.10. The summed E-state index contributed by atoms with van der Waals surface area (Å²) in [5, 5.41) is 6.55. The van der Waals surface area contributed by atoms with Crippen LogP contribution in [0, 0.1) is 20.8 Å². The van der Waals surface area contributed by atoms with Crippen LogP contribution in [0.4, 0.5) is 17.5 Å². The van der Waals surface area contributed by atoms with Gasteiger partial charge in [-0.2, -0.15) is 4.98 Å². The number of nitrogens with one attached hydrogen (secondary N) is 2. The minimum absolute atomic E-state index is 0.646. The van der Waals surface area contributed by atoms with Gasteiger partial charge in [0.1, 0.15) is 5.82 Å². The number of anilines is 3. The van der Waals surface area contributed by atoms with Gasteiger partial charge in [-0.3, -0.25) is 0 Å². The first kappa shape index (κ1) is 14.8. The Balaban J connectivity index is 2.37. The zero-order valence-corrected chi connectivity index (χ0v) is 13.8. The molecule has 0 aliphatic heterocycles. The molecule has 0 unspecified atom stereocenters. The molecule has 0 atom stereocenters. The molecule has 2 rings (SSSR count). The lowest BCUT2D eigenvalue weighted by molar-refractivity contribution is 1.07. The van der Waals surface area contributed by atoms with Crippen LogP contribution in [0.2, 0.25) is 0 Å². The molecule has 1 aromatic heterocycles. The van der Waals surface area contributed by atoms with Gasteiger partial charge in [-0.15, -0.1) is 0 Å². The van der Waals surface area contributed by atoms with Crippen LogP contribution in [0.5, 0.6) is 0 Å². The molecule has 0 saturated carbocycles. The molecule has 2 aromatic rings. The molecule has 1 aromatic carbocycles. The number of nitrogens with zero attached hydrogens (tertiary/aromatic N) is 2. The molecule has 0 radical (unpaired) electrons. The van der Waals surface area contributed by atoms with Gasteiger partial charge < -0.3 is 10.6 Å². The molecule has 0 bridgehead atoms. The van der Waals surface area contributed by atoms with Gasteiger partial charge in [-0.1, -0.05) is 15.9 Å². The van der Waals surface area contributed by atoms with E-state index in [-0.39, 0.29) is 0 Å².